The summed E-state index contributed by atoms with van der Waals surface area (Å²) in [6.45, 7) is 5.82. The molecule has 1 rings (SSSR count). The van der Waals surface area contributed by atoms with Gasteiger partial charge in [-0.25, -0.2) is 0 Å². The first kappa shape index (κ1) is 12.2. The third kappa shape index (κ3) is 1.92. The molecule has 0 aliphatic carbocycles. The summed E-state index contributed by atoms with van der Waals surface area (Å²) in [6, 6.07) is 0. The molecule has 0 N–H and O–H groups in total. The standard InChI is InChI=1S/C12H18O3/c1-5-7-12(6-2)9(3)11(14-4)10(8-13)15-12/h8-11H,6H2,1-4H3/t9?,10?,11?,12-/m0/s1. The quantitative estimate of drug-likeness (QED) is 0.522. The van der Waals surface area contributed by atoms with Crippen molar-refractivity contribution in [1.29, 1.82) is 0 Å². The molecule has 3 heteroatoms. The van der Waals surface area contributed by atoms with Gasteiger partial charge in [-0.1, -0.05) is 19.8 Å². The molecule has 0 aromatic rings. The number of carbonyl (C=O) groups excluding carboxylic acids is 1. The predicted octanol–water partition coefficient (Wildman–Crippen LogP) is 1.41. The molecule has 0 radical (unpaired) electrons. The van der Waals surface area contributed by atoms with Gasteiger partial charge in [0.15, 0.2) is 6.29 Å². The second-order valence-corrected chi connectivity index (χ2v) is 3.83. The molecule has 15 heavy (non-hydrogen) atoms. The molecule has 0 saturated carbocycles. The van der Waals surface area contributed by atoms with Crippen LogP contribution in [0.4, 0.5) is 0 Å². The number of hydrogen-bond donors (Lipinski definition) is 0. The van der Waals surface area contributed by atoms with Gasteiger partial charge in [-0.05, 0) is 13.3 Å². The van der Waals surface area contributed by atoms with E-state index in [0.29, 0.717) is 0 Å². The van der Waals surface area contributed by atoms with Crippen molar-refractivity contribution in [3.63, 3.8) is 0 Å². The summed E-state index contributed by atoms with van der Waals surface area (Å²) in [6.07, 6.45) is 0.882. The van der Waals surface area contributed by atoms with Crippen molar-refractivity contribution in [2.45, 2.75) is 45.0 Å². The van der Waals surface area contributed by atoms with Crippen LogP contribution in [0, 0.1) is 17.8 Å². The second kappa shape index (κ2) is 4.78. The van der Waals surface area contributed by atoms with E-state index in [1.807, 2.05) is 13.8 Å². The molecular formula is C12H18O3. The highest BCUT2D eigenvalue weighted by molar-refractivity contribution is 5.58. The summed E-state index contributed by atoms with van der Waals surface area (Å²) in [4.78, 5) is 10.9. The lowest BCUT2D eigenvalue weighted by atomic mass is 9.85. The first-order chi connectivity index (χ1) is 7.15. The molecule has 1 heterocycles. The smallest absolute Gasteiger partial charge is 0.151 e. The van der Waals surface area contributed by atoms with Crippen LogP contribution in [0.25, 0.3) is 0 Å². The number of rotatable bonds is 3. The summed E-state index contributed by atoms with van der Waals surface area (Å²) in [5.41, 5.74) is -0.527. The van der Waals surface area contributed by atoms with E-state index in [0.717, 1.165) is 12.7 Å². The minimum absolute atomic E-state index is 0.107. The molecule has 1 saturated heterocycles. The highest BCUT2D eigenvalue weighted by Crippen LogP contribution is 2.39. The summed E-state index contributed by atoms with van der Waals surface area (Å²) in [5, 5.41) is 0. The maximum Gasteiger partial charge on any atom is 0.151 e. The molecule has 1 fully saturated rings. The van der Waals surface area contributed by atoms with Gasteiger partial charge in [0.1, 0.15) is 11.7 Å². The van der Waals surface area contributed by atoms with Gasteiger partial charge in [0.2, 0.25) is 0 Å². The maximum atomic E-state index is 10.9. The SMILES string of the molecule is CC#C[C@]1(CC)OC(C=O)C(OC)C1C. The van der Waals surface area contributed by atoms with Gasteiger partial charge >= 0.3 is 0 Å². The zero-order valence-corrected chi connectivity index (χ0v) is 9.74. The summed E-state index contributed by atoms with van der Waals surface area (Å²) >= 11 is 0. The molecule has 4 atom stereocenters. The molecule has 0 spiro atoms. The molecule has 1 aliphatic heterocycles. The maximum absolute atomic E-state index is 10.9. The molecule has 0 aromatic heterocycles. The Balaban J connectivity index is 3.01. The van der Waals surface area contributed by atoms with Gasteiger partial charge in [0.05, 0.1) is 6.10 Å². The molecule has 1 aliphatic rings. The monoisotopic (exact) mass is 210 g/mol. The molecule has 0 bridgehead atoms. The van der Waals surface area contributed by atoms with Crippen molar-refractivity contribution in [2.75, 3.05) is 7.11 Å². The zero-order chi connectivity index (χ0) is 11.5. The number of methoxy groups -OCH3 is 1. The molecule has 0 amide bonds. The van der Waals surface area contributed by atoms with Crippen LogP contribution in [-0.2, 0) is 14.3 Å². The topological polar surface area (TPSA) is 35.5 Å². The van der Waals surface area contributed by atoms with Crippen molar-refractivity contribution < 1.29 is 14.3 Å². The van der Waals surface area contributed by atoms with Crippen LogP contribution in [0.3, 0.4) is 0 Å². The summed E-state index contributed by atoms with van der Waals surface area (Å²) in [7, 11) is 1.60. The van der Waals surface area contributed by atoms with E-state index in [2.05, 4.69) is 11.8 Å². The lowest BCUT2D eigenvalue weighted by Crippen LogP contribution is -2.35. The fourth-order valence-corrected chi connectivity index (χ4v) is 2.26. The Labute approximate surface area is 91.1 Å². The molecular weight excluding hydrogens is 192 g/mol. The van der Waals surface area contributed by atoms with Crippen LogP contribution >= 0.6 is 0 Å². The van der Waals surface area contributed by atoms with Crippen molar-refractivity contribution in [1.82, 2.24) is 0 Å². The van der Waals surface area contributed by atoms with Gasteiger partial charge in [-0.15, -0.1) is 5.92 Å². The highest BCUT2D eigenvalue weighted by Gasteiger charge is 2.51. The van der Waals surface area contributed by atoms with Crippen LogP contribution in [0.15, 0.2) is 0 Å². The first-order valence-corrected chi connectivity index (χ1v) is 5.25. The highest BCUT2D eigenvalue weighted by atomic mass is 16.6. The Bertz CT molecular complexity index is 289. The number of aldehydes is 1. The van der Waals surface area contributed by atoms with Crippen molar-refractivity contribution in [2.24, 2.45) is 5.92 Å². The Hall–Kier alpha value is -0.850. The van der Waals surface area contributed by atoms with E-state index in [1.165, 1.54) is 0 Å². The Morgan fingerprint density at radius 1 is 1.60 bits per heavy atom. The van der Waals surface area contributed by atoms with Gasteiger partial charge in [0.25, 0.3) is 0 Å². The average Bonchev–Trinajstić information content (AvgIpc) is 2.53. The lowest BCUT2D eigenvalue weighted by molar-refractivity contribution is -0.124. The minimum atomic E-state index is -0.527. The van der Waals surface area contributed by atoms with E-state index in [1.54, 1.807) is 14.0 Å². The molecule has 0 aromatic carbocycles. The van der Waals surface area contributed by atoms with Crippen LogP contribution in [0.5, 0.6) is 0 Å². The van der Waals surface area contributed by atoms with Crippen molar-refractivity contribution in [3.8, 4) is 11.8 Å². The Morgan fingerprint density at radius 2 is 2.27 bits per heavy atom. The molecule has 3 nitrogen and oxygen atoms in total. The van der Waals surface area contributed by atoms with Crippen LogP contribution in [0.2, 0.25) is 0 Å². The van der Waals surface area contributed by atoms with Gasteiger partial charge in [-0.3, -0.25) is 0 Å². The largest absolute Gasteiger partial charge is 0.378 e. The van der Waals surface area contributed by atoms with Crippen molar-refractivity contribution in [3.05, 3.63) is 0 Å². The third-order valence-corrected chi connectivity index (χ3v) is 3.17. The van der Waals surface area contributed by atoms with E-state index in [9.17, 15) is 4.79 Å². The lowest BCUT2D eigenvalue weighted by Gasteiger charge is -2.26. The fourth-order valence-electron chi connectivity index (χ4n) is 2.26. The summed E-state index contributed by atoms with van der Waals surface area (Å²) in [5.74, 6) is 6.06. The number of carbonyl (C=O) groups is 1. The minimum Gasteiger partial charge on any atom is -0.378 e. The molecule has 84 valence electrons. The average molecular weight is 210 g/mol. The van der Waals surface area contributed by atoms with E-state index in [-0.39, 0.29) is 12.0 Å². The van der Waals surface area contributed by atoms with E-state index in [4.69, 9.17) is 9.47 Å². The van der Waals surface area contributed by atoms with Gasteiger partial charge < -0.3 is 14.3 Å². The second-order valence-electron chi connectivity index (χ2n) is 3.83. The Kier molecular flexibility index (Phi) is 3.90. The van der Waals surface area contributed by atoms with E-state index < -0.39 is 11.7 Å². The first-order valence-electron chi connectivity index (χ1n) is 5.25. The Morgan fingerprint density at radius 3 is 2.60 bits per heavy atom. The zero-order valence-electron chi connectivity index (χ0n) is 9.74. The normalized spacial score (nSPS) is 39.6. The van der Waals surface area contributed by atoms with Crippen LogP contribution in [0.1, 0.15) is 27.2 Å². The number of hydrogen-bond acceptors (Lipinski definition) is 3. The molecule has 3 unspecified atom stereocenters. The number of ether oxygens (including phenoxy) is 2. The summed E-state index contributed by atoms with van der Waals surface area (Å²) < 4.78 is 11.0. The fraction of sp³-hybridized carbons (Fsp3) is 0.750. The van der Waals surface area contributed by atoms with Crippen LogP contribution in [-0.4, -0.2) is 31.2 Å². The van der Waals surface area contributed by atoms with Crippen molar-refractivity contribution >= 4 is 6.29 Å². The van der Waals surface area contributed by atoms with Crippen LogP contribution < -0.4 is 0 Å². The van der Waals surface area contributed by atoms with Gasteiger partial charge in [0, 0.05) is 13.0 Å². The predicted molar refractivity (Wildman–Crippen MR) is 57.4 cm³/mol. The third-order valence-electron chi connectivity index (χ3n) is 3.17. The van der Waals surface area contributed by atoms with Gasteiger partial charge in [-0.2, -0.15) is 0 Å². The van der Waals surface area contributed by atoms with E-state index >= 15 is 0 Å².